The van der Waals surface area contributed by atoms with Crippen molar-refractivity contribution in [2.24, 2.45) is 5.41 Å². The number of hydrogen-bond acceptors (Lipinski definition) is 2. The summed E-state index contributed by atoms with van der Waals surface area (Å²) in [5.41, 5.74) is 0.720. The van der Waals surface area contributed by atoms with Crippen molar-refractivity contribution in [3.63, 3.8) is 0 Å². The Morgan fingerprint density at radius 3 is 2.58 bits per heavy atom. The standard InChI is InChI=1S/C15H19BrFNO/c1-5-18-14(15(2,3)4)12-7-9-6-10(17)8-11(16)13(9)19-12/h6-8,14,18H,5H2,1-4H3. The number of rotatable bonds is 3. The van der Waals surface area contributed by atoms with Gasteiger partial charge in [-0.25, -0.2) is 4.39 Å². The lowest BCUT2D eigenvalue weighted by atomic mass is 9.85. The van der Waals surface area contributed by atoms with Gasteiger partial charge in [-0.3, -0.25) is 0 Å². The third kappa shape index (κ3) is 3.00. The second-order valence-electron chi connectivity index (χ2n) is 5.81. The van der Waals surface area contributed by atoms with Crippen molar-refractivity contribution in [1.29, 1.82) is 0 Å². The molecule has 4 heteroatoms. The van der Waals surface area contributed by atoms with Crippen molar-refractivity contribution >= 4 is 26.9 Å². The Balaban J connectivity index is 2.52. The van der Waals surface area contributed by atoms with Gasteiger partial charge in [0.2, 0.25) is 0 Å². The zero-order valence-corrected chi connectivity index (χ0v) is 13.3. The van der Waals surface area contributed by atoms with Crippen LogP contribution in [0.15, 0.2) is 27.1 Å². The fourth-order valence-corrected chi connectivity index (χ4v) is 2.80. The van der Waals surface area contributed by atoms with E-state index in [4.69, 9.17) is 4.42 Å². The number of benzene rings is 1. The molecule has 0 fully saturated rings. The first kappa shape index (κ1) is 14.5. The van der Waals surface area contributed by atoms with E-state index in [0.717, 1.165) is 17.7 Å². The lowest BCUT2D eigenvalue weighted by molar-refractivity contribution is 0.244. The van der Waals surface area contributed by atoms with Gasteiger partial charge < -0.3 is 9.73 Å². The number of furan rings is 1. The van der Waals surface area contributed by atoms with E-state index in [9.17, 15) is 4.39 Å². The van der Waals surface area contributed by atoms with Gasteiger partial charge in [0, 0.05) is 5.39 Å². The molecule has 2 aromatic rings. The molecule has 0 saturated heterocycles. The molecular weight excluding hydrogens is 309 g/mol. The van der Waals surface area contributed by atoms with E-state index in [-0.39, 0.29) is 17.3 Å². The third-order valence-corrected chi connectivity index (χ3v) is 3.70. The molecule has 0 spiro atoms. The summed E-state index contributed by atoms with van der Waals surface area (Å²) in [6.45, 7) is 9.39. The summed E-state index contributed by atoms with van der Waals surface area (Å²) >= 11 is 3.35. The summed E-state index contributed by atoms with van der Waals surface area (Å²) < 4.78 is 20.0. The predicted molar refractivity (Wildman–Crippen MR) is 79.7 cm³/mol. The zero-order valence-electron chi connectivity index (χ0n) is 11.7. The van der Waals surface area contributed by atoms with Crippen LogP contribution in [0.5, 0.6) is 0 Å². The lowest BCUT2D eigenvalue weighted by Gasteiger charge is -2.29. The van der Waals surface area contributed by atoms with E-state index in [2.05, 4.69) is 48.9 Å². The molecule has 1 heterocycles. The second kappa shape index (κ2) is 5.25. The van der Waals surface area contributed by atoms with E-state index < -0.39 is 0 Å². The largest absolute Gasteiger partial charge is 0.458 e. The van der Waals surface area contributed by atoms with Crippen molar-refractivity contribution in [3.8, 4) is 0 Å². The van der Waals surface area contributed by atoms with E-state index in [1.165, 1.54) is 12.1 Å². The van der Waals surface area contributed by atoms with Crippen LogP contribution in [0.25, 0.3) is 11.0 Å². The summed E-state index contributed by atoms with van der Waals surface area (Å²) in [4.78, 5) is 0. The number of nitrogens with one attached hydrogen (secondary N) is 1. The summed E-state index contributed by atoms with van der Waals surface area (Å²) in [7, 11) is 0. The Morgan fingerprint density at radius 2 is 2.00 bits per heavy atom. The highest BCUT2D eigenvalue weighted by Crippen LogP contribution is 2.37. The molecule has 0 bridgehead atoms. The van der Waals surface area contributed by atoms with Crippen LogP contribution in [0.1, 0.15) is 39.5 Å². The average Bonchev–Trinajstić information content (AvgIpc) is 2.67. The van der Waals surface area contributed by atoms with E-state index >= 15 is 0 Å². The minimum absolute atomic E-state index is 0.0227. The highest BCUT2D eigenvalue weighted by Gasteiger charge is 2.28. The fourth-order valence-electron chi connectivity index (χ4n) is 2.28. The van der Waals surface area contributed by atoms with Crippen LogP contribution < -0.4 is 5.32 Å². The molecule has 1 unspecified atom stereocenters. The van der Waals surface area contributed by atoms with Crippen LogP contribution in [0.4, 0.5) is 4.39 Å². The normalized spacial score (nSPS) is 14.0. The van der Waals surface area contributed by atoms with Gasteiger partial charge in [0.05, 0.1) is 10.5 Å². The Labute approximate surface area is 121 Å². The van der Waals surface area contributed by atoms with E-state index in [1.807, 2.05) is 6.07 Å². The molecule has 1 aromatic carbocycles. The zero-order chi connectivity index (χ0) is 14.2. The van der Waals surface area contributed by atoms with Gasteiger partial charge in [0.15, 0.2) is 0 Å². The first-order valence-electron chi connectivity index (χ1n) is 6.44. The van der Waals surface area contributed by atoms with Crippen LogP contribution in [0, 0.1) is 11.2 Å². The van der Waals surface area contributed by atoms with Crippen molar-refractivity contribution in [3.05, 3.63) is 34.2 Å². The van der Waals surface area contributed by atoms with Gasteiger partial charge in [-0.05, 0) is 46.1 Å². The van der Waals surface area contributed by atoms with Crippen LogP contribution in [-0.4, -0.2) is 6.54 Å². The van der Waals surface area contributed by atoms with Crippen molar-refractivity contribution < 1.29 is 8.81 Å². The van der Waals surface area contributed by atoms with Gasteiger partial charge >= 0.3 is 0 Å². The van der Waals surface area contributed by atoms with Gasteiger partial charge in [-0.1, -0.05) is 27.7 Å². The SMILES string of the molecule is CCNC(c1cc2cc(F)cc(Br)c2o1)C(C)(C)C. The Morgan fingerprint density at radius 1 is 1.32 bits per heavy atom. The van der Waals surface area contributed by atoms with Crippen LogP contribution in [0.2, 0.25) is 0 Å². The summed E-state index contributed by atoms with van der Waals surface area (Å²) in [6.07, 6.45) is 0. The first-order chi connectivity index (χ1) is 8.82. The predicted octanol–water partition coefficient (Wildman–Crippen LogP) is 5.03. The monoisotopic (exact) mass is 327 g/mol. The molecular formula is C15H19BrFNO. The van der Waals surface area contributed by atoms with E-state index in [0.29, 0.717) is 10.1 Å². The summed E-state index contributed by atoms with van der Waals surface area (Å²) in [5, 5.41) is 4.22. The quantitative estimate of drug-likeness (QED) is 0.855. The minimum Gasteiger partial charge on any atom is -0.458 e. The molecule has 0 amide bonds. The molecule has 0 aliphatic carbocycles. The van der Waals surface area contributed by atoms with Crippen LogP contribution >= 0.6 is 15.9 Å². The summed E-state index contributed by atoms with van der Waals surface area (Å²) in [5.74, 6) is 0.582. The molecule has 1 aromatic heterocycles. The first-order valence-corrected chi connectivity index (χ1v) is 7.24. The smallest absolute Gasteiger partial charge is 0.148 e. The molecule has 0 aliphatic rings. The van der Waals surface area contributed by atoms with Gasteiger partial charge in [0.25, 0.3) is 0 Å². The molecule has 1 atom stereocenters. The highest BCUT2D eigenvalue weighted by molar-refractivity contribution is 9.10. The molecule has 0 aliphatic heterocycles. The lowest BCUT2D eigenvalue weighted by Crippen LogP contribution is -2.31. The molecule has 19 heavy (non-hydrogen) atoms. The number of halogens is 2. The maximum Gasteiger partial charge on any atom is 0.148 e. The molecule has 104 valence electrons. The van der Waals surface area contributed by atoms with Crippen LogP contribution in [-0.2, 0) is 0 Å². The highest BCUT2D eigenvalue weighted by atomic mass is 79.9. The van der Waals surface area contributed by atoms with E-state index in [1.54, 1.807) is 0 Å². The van der Waals surface area contributed by atoms with Gasteiger partial charge in [-0.15, -0.1) is 0 Å². The fraction of sp³-hybridized carbons (Fsp3) is 0.467. The topological polar surface area (TPSA) is 25.2 Å². The number of hydrogen-bond donors (Lipinski definition) is 1. The maximum absolute atomic E-state index is 13.4. The maximum atomic E-state index is 13.4. The van der Waals surface area contributed by atoms with Crippen molar-refractivity contribution in [2.45, 2.75) is 33.7 Å². The Bertz CT molecular complexity index is 586. The molecule has 0 saturated carbocycles. The molecule has 2 rings (SSSR count). The molecule has 2 nitrogen and oxygen atoms in total. The second-order valence-corrected chi connectivity index (χ2v) is 6.67. The summed E-state index contributed by atoms with van der Waals surface area (Å²) in [6, 6.07) is 4.94. The van der Waals surface area contributed by atoms with Gasteiger partial charge in [0.1, 0.15) is 17.2 Å². The minimum atomic E-state index is -0.262. The third-order valence-electron chi connectivity index (χ3n) is 3.11. The average molecular weight is 328 g/mol. The van der Waals surface area contributed by atoms with Gasteiger partial charge in [-0.2, -0.15) is 0 Å². The Kier molecular flexibility index (Phi) is 4.02. The Hall–Kier alpha value is -0.870. The molecule has 0 radical (unpaired) electrons. The number of fused-ring (bicyclic) bond motifs is 1. The molecule has 1 N–H and O–H groups in total. The van der Waals surface area contributed by atoms with Crippen LogP contribution in [0.3, 0.4) is 0 Å². The van der Waals surface area contributed by atoms with Crippen molar-refractivity contribution in [1.82, 2.24) is 5.32 Å². The van der Waals surface area contributed by atoms with Crippen molar-refractivity contribution in [2.75, 3.05) is 6.54 Å².